The minimum Gasteiger partial charge on any atom is -0.373 e. The predicted molar refractivity (Wildman–Crippen MR) is 71.2 cm³/mol. The van der Waals surface area contributed by atoms with Gasteiger partial charge in [-0.2, -0.15) is 0 Å². The van der Waals surface area contributed by atoms with E-state index < -0.39 is 0 Å². The van der Waals surface area contributed by atoms with Crippen LogP contribution in [0.5, 0.6) is 0 Å². The Bertz CT molecular complexity index is 289. The molecule has 2 aliphatic heterocycles. The van der Waals surface area contributed by atoms with Crippen molar-refractivity contribution in [2.45, 2.75) is 38.9 Å². The van der Waals surface area contributed by atoms with Gasteiger partial charge in [0.05, 0.1) is 24.0 Å². The third-order valence-electron chi connectivity index (χ3n) is 3.39. The summed E-state index contributed by atoms with van der Waals surface area (Å²) in [4.78, 5) is 24.2. The topological polar surface area (TPSA) is 43.4 Å². The highest BCUT2D eigenvalue weighted by molar-refractivity contribution is 8.14. The number of hydrogen-bond acceptors (Lipinski definition) is 5. The summed E-state index contributed by atoms with van der Waals surface area (Å²) in [6.07, 6.45) is 1.87. The van der Waals surface area contributed by atoms with Crippen molar-refractivity contribution in [3.8, 4) is 0 Å². The number of ether oxygens (including phenoxy) is 1. The Morgan fingerprint density at radius 2 is 1.41 bits per heavy atom. The smallest absolute Gasteiger partial charge is 0.195 e. The second-order valence-electron chi connectivity index (χ2n) is 4.35. The van der Waals surface area contributed by atoms with Gasteiger partial charge in [0.15, 0.2) is 10.2 Å². The zero-order chi connectivity index (χ0) is 12.4. The Labute approximate surface area is 110 Å². The van der Waals surface area contributed by atoms with E-state index in [0.717, 1.165) is 24.3 Å². The summed E-state index contributed by atoms with van der Waals surface area (Å²) in [7, 11) is 0. The van der Waals surface area contributed by atoms with Gasteiger partial charge in [0, 0.05) is 0 Å². The largest absolute Gasteiger partial charge is 0.373 e. The lowest BCUT2D eigenvalue weighted by molar-refractivity contribution is -0.123. The van der Waals surface area contributed by atoms with Crippen LogP contribution in [-0.4, -0.2) is 33.9 Å². The van der Waals surface area contributed by atoms with E-state index in [4.69, 9.17) is 4.74 Å². The molecule has 2 heterocycles. The normalized spacial score (nSPS) is 35.2. The molecule has 0 amide bonds. The van der Waals surface area contributed by atoms with Gasteiger partial charge in [-0.25, -0.2) is 0 Å². The molecule has 3 nitrogen and oxygen atoms in total. The SMILES string of the molecule is CCSC(=O)C1C2CCC(O2)C1C(=O)SCC. The highest BCUT2D eigenvalue weighted by Crippen LogP contribution is 2.47. The molecule has 0 N–H and O–H groups in total. The summed E-state index contributed by atoms with van der Waals surface area (Å²) < 4.78 is 5.76. The molecule has 5 heteroatoms. The fraction of sp³-hybridized carbons (Fsp3) is 0.833. The van der Waals surface area contributed by atoms with Crippen molar-refractivity contribution in [1.82, 2.24) is 0 Å². The predicted octanol–water partition coefficient (Wildman–Crippen LogP) is 2.34. The summed E-state index contributed by atoms with van der Waals surface area (Å²) >= 11 is 2.65. The minimum absolute atomic E-state index is 0.00189. The van der Waals surface area contributed by atoms with E-state index in [-0.39, 0.29) is 34.3 Å². The van der Waals surface area contributed by atoms with E-state index in [1.807, 2.05) is 13.8 Å². The van der Waals surface area contributed by atoms with Crippen LogP contribution in [0.3, 0.4) is 0 Å². The minimum atomic E-state index is -0.190. The lowest BCUT2D eigenvalue weighted by Crippen LogP contribution is -2.36. The van der Waals surface area contributed by atoms with Gasteiger partial charge < -0.3 is 4.74 Å². The van der Waals surface area contributed by atoms with Gasteiger partial charge in [0.2, 0.25) is 0 Å². The quantitative estimate of drug-likeness (QED) is 0.787. The fourth-order valence-corrected chi connectivity index (χ4v) is 4.30. The molecule has 17 heavy (non-hydrogen) atoms. The van der Waals surface area contributed by atoms with Crippen molar-refractivity contribution in [2.24, 2.45) is 11.8 Å². The molecule has 2 fully saturated rings. The van der Waals surface area contributed by atoms with Crippen LogP contribution in [0.15, 0.2) is 0 Å². The molecule has 2 bridgehead atoms. The molecular weight excluding hydrogens is 256 g/mol. The van der Waals surface area contributed by atoms with Gasteiger partial charge in [-0.15, -0.1) is 0 Å². The molecular formula is C12H18O3S2. The summed E-state index contributed by atoms with van der Waals surface area (Å²) in [5.41, 5.74) is 0. The van der Waals surface area contributed by atoms with Crippen molar-refractivity contribution < 1.29 is 14.3 Å². The Morgan fingerprint density at radius 1 is 1.00 bits per heavy atom. The number of thioether (sulfide) groups is 2. The molecule has 0 radical (unpaired) electrons. The lowest BCUT2D eigenvalue weighted by atomic mass is 9.81. The molecule has 96 valence electrons. The van der Waals surface area contributed by atoms with Gasteiger partial charge in [-0.05, 0) is 24.3 Å². The van der Waals surface area contributed by atoms with Crippen LogP contribution >= 0.6 is 23.5 Å². The molecule has 0 spiro atoms. The fourth-order valence-electron chi connectivity index (χ4n) is 2.75. The maximum atomic E-state index is 12.1. The van der Waals surface area contributed by atoms with Crippen molar-refractivity contribution in [2.75, 3.05) is 11.5 Å². The van der Waals surface area contributed by atoms with E-state index in [2.05, 4.69) is 0 Å². The Kier molecular flexibility index (Phi) is 4.55. The standard InChI is InChI=1S/C12H18O3S2/c1-3-16-11(13)9-7-5-6-8(15-7)10(9)12(14)17-4-2/h7-10H,3-6H2,1-2H3. The maximum absolute atomic E-state index is 12.1. The molecule has 0 aliphatic carbocycles. The molecule has 4 unspecified atom stereocenters. The van der Waals surface area contributed by atoms with Crippen molar-refractivity contribution >= 4 is 33.8 Å². The van der Waals surface area contributed by atoms with E-state index in [1.165, 1.54) is 23.5 Å². The lowest BCUT2D eigenvalue weighted by Gasteiger charge is -2.24. The Morgan fingerprint density at radius 3 is 1.76 bits per heavy atom. The first-order valence-corrected chi connectivity index (χ1v) is 8.14. The average molecular weight is 274 g/mol. The summed E-state index contributed by atoms with van der Waals surface area (Å²) in [5.74, 6) is 1.17. The maximum Gasteiger partial charge on any atom is 0.195 e. The number of carbonyl (C=O) groups excluding carboxylic acids is 2. The highest BCUT2D eigenvalue weighted by Gasteiger charge is 2.54. The Hall–Kier alpha value is -0.000000000000000111. The third kappa shape index (κ3) is 2.56. The van der Waals surface area contributed by atoms with Crippen LogP contribution in [0.4, 0.5) is 0 Å². The van der Waals surface area contributed by atoms with Gasteiger partial charge in [0.25, 0.3) is 0 Å². The van der Waals surface area contributed by atoms with Gasteiger partial charge >= 0.3 is 0 Å². The molecule has 0 aromatic heterocycles. The third-order valence-corrected chi connectivity index (χ3v) is 5.08. The van der Waals surface area contributed by atoms with Crippen LogP contribution in [-0.2, 0) is 14.3 Å². The van der Waals surface area contributed by atoms with Crippen LogP contribution < -0.4 is 0 Å². The second kappa shape index (κ2) is 5.76. The number of hydrogen-bond donors (Lipinski definition) is 0. The highest BCUT2D eigenvalue weighted by atomic mass is 32.2. The Balaban J connectivity index is 2.11. The average Bonchev–Trinajstić information content (AvgIpc) is 2.89. The van der Waals surface area contributed by atoms with Crippen molar-refractivity contribution in [1.29, 1.82) is 0 Å². The number of fused-ring (bicyclic) bond motifs is 2. The summed E-state index contributed by atoms with van der Waals surface area (Å²) in [6, 6.07) is 0. The van der Waals surface area contributed by atoms with Crippen LogP contribution in [0.1, 0.15) is 26.7 Å². The van der Waals surface area contributed by atoms with Crippen molar-refractivity contribution in [3.63, 3.8) is 0 Å². The first-order chi connectivity index (χ1) is 8.19. The summed E-state index contributed by atoms with van der Waals surface area (Å²) in [5, 5.41) is 0.296. The second-order valence-corrected chi connectivity index (χ2v) is 6.88. The van der Waals surface area contributed by atoms with Gasteiger partial charge in [-0.3, -0.25) is 9.59 Å². The van der Waals surface area contributed by atoms with Crippen molar-refractivity contribution in [3.05, 3.63) is 0 Å². The number of rotatable bonds is 4. The van der Waals surface area contributed by atoms with Crippen LogP contribution in [0, 0.1) is 11.8 Å². The zero-order valence-corrected chi connectivity index (χ0v) is 11.8. The molecule has 0 aromatic carbocycles. The van der Waals surface area contributed by atoms with E-state index in [0.29, 0.717) is 0 Å². The number of carbonyl (C=O) groups is 2. The molecule has 0 saturated carbocycles. The molecule has 2 rings (SSSR count). The molecule has 2 saturated heterocycles. The molecule has 4 atom stereocenters. The molecule has 0 aromatic rings. The first-order valence-electron chi connectivity index (χ1n) is 6.17. The van der Waals surface area contributed by atoms with E-state index in [1.54, 1.807) is 0 Å². The van der Waals surface area contributed by atoms with Gasteiger partial charge in [0.1, 0.15) is 0 Å². The van der Waals surface area contributed by atoms with Crippen LogP contribution in [0.25, 0.3) is 0 Å². The monoisotopic (exact) mass is 274 g/mol. The summed E-state index contributed by atoms with van der Waals surface area (Å²) in [6.45, 7) is 3.93. The molecule has 2 aliphatic rings. The van der Waals surface area contributed by atoms with Crippen LogP contribution in [0.2, 0.25) is 0 Å². The first kappa shape index (κ1) is 13.4. The van der Waals surface area contributed by atoms with E-state index >= 15 is 0 Å². The van der Waals surface area contributed by atoms with E-state index in [9.17, 15) is 9.59 Å². The zero-order valence-electron chi connectivity index (χ0n) is 10.2. The van der Waals surface area contributed by atoms with Gasteiger partial charge in [-0.1, -0.05) is 37.4 Å².